The number of hydrogen-bond acceptors (Lipinski definition) is 6. The van der Waals surface area contributed by atoms with Crippen molar-refractivity contribution < 1.29 is 19.3 Å². The molecule has 136 valence electrons. The Kier molecular flexibility index (Phi) is 6.19. The zero-order valence-electron chi connectivity index (χ0n) is 15.8. The first-order valence-electron chi connectivity index (χ1n) is 7.88. The van der Waals surface area contributed by atoms with E-state index in [2.05, 4.69) is 4.98 Å². The van der Waals surface area contributed by atoms with Gasteiger partial charge in [0.2, 0.25) is 5.75 Å². The van der Waals surface area contributed by atoms with E-state index in [9.17, 15) is 5.11 Å². The molecule has 0 amide bonds. The standard InChI is InChI=1S/C19H25NO4S/c1-10-8-13(22-4)17(23-5)18(24-6)14(10)16(21)15-12(3)11(2)9-20-19(15)25-7/h8-9,16,21H,1-7H3. The van der Waals surface area contributed by atoms with Gasteiger partial charge in [-0.15, -0.1) is 11.8 Å². The first kappa shape index (κ1) is 19.4. The molecule has 6 heteroatoms. The lowest BCUT2D eigenvalue weighted by Crippen LogP contribution is -2.11. The van der Waals surface area contributed by atoms with Crippen LogP contribution in [-0.4, -0.2) is 37.7 Å². The van der Waals surface area contributed by atoms with E-state index < -0.39 is 6.10 Å². The lowest BCUT2D eigenvalue weighted by Gasteiger charge is -2.24. The van der Waals surface area contributed by atoms with E-state index in [4.69, 9.17) is 14.2 Å². The number of rotatable bonds is 6. The molecule has 1 heterocycles. The summed E-state index contributed by atoms with van der Waals surface area (Å²) in [5.41, 5.74) is 4.36. The Morgan fingerprint density at radius 1 is 0.960 bits per heavy atom. The number of pyridine rings is 1. The molecule has 1 aromatic carbocycles. The maximum atomic E-state index is 11.3. The van der Waals surface area contributed by atoms with Gasteiger partial charge in [0.15, 0.2) is 11.5 Å². The van der Waals surface area contributed by atoms with E-state index in [1.54, 1.807) is 21.3 Å². The van der Waals surface area contributed by atoms with Crippen molar-refractivity contribution in [2.45, 2.75) is 31.9 Å². The number of thioether (sulfide) groups is 1. The summed E-state index contributed by atoms with van der Waals surface area (Å²) in [6.45, 7) is 5.90. The van der Waals surface area contributed by atoms with E-state index in [1.807, 2.05) is 39.3 Å². The van der Waals surface area contributed by atoms with Crippen LogP contribution in [-0.2, 0) is 0 Å². The van der Waals surface area contributed by atoms with Gasteiger partial charge in [-0.3, -0.25) is 0 Å². The average molecular weight is 363 g/mol. The molecular formula is C19H25NO4S. The fourth-order valence-electron chi connectivity index (χ4n) is 2.96. The molecule has 0 aliphatic rings. The molecule has 1 unspecified atom stereocenters. The highest BCUT2D eigenvalue weighted by Gasteiger charge is 2.28. The predicted molar refractivity (Wildman–Crippen MR) is 100 cm³/mol. The van der Waals surface area contributed by atoms with Crippen LogP contribution < -0.4 is 14.2 Å². The van der Waals surface area contributed by atoms with Crippen LogP contribution in [0.3, 0.4) is 0 Å². The van der Waals surface area contributed by atoms with Gasteiger partial charge in [0.1, 0.15) is 11.1 Å². The predicted octanol–water partition coefficient (Wildman–Crippen LogP) is 3.84. The van der Waals surface area contributed by atoms with Crippen LogP contribution in [0, 0.1) is 20.8 Å². The molecule has 0 aliphatic carbocycles. The van der Waals surface area contributed by atoms with Crippen molar-refractivity contribution in [2.75, 3.05) is 27.6 Å². The number of methoxy groups -OCH3 is 3. The van der Waals surface area contributed by atoms with Gasteiger partial charge in [-0.25, -0.2) is 4.98 Å². The Morgan fingerprint density at radius 3 is 2.12 bits per heavy atom. The third-order valence-corrected chi connectivity index (χ3v) is 5.13. The molecule has 0 fully saturated rings. The van der Waals surface area contributed by atoms with E-state index in [1.165, 1.54) is 11.8 Å². The van der Waals surface area contributed by atoms with E-state index in [-0.39, 0.29) is 0 Å². The van der Waals surface area contributed by atoms with Gasteiger partial charge in [0.05, 0.1) is 21.3 Å². The summed E-state index contributed by atoms with van der Waals surface area (Å²) in [5, 5.41) is 12.1. The molecular weight excluding hydrogens is 338 g/mol. The molecule has 0 aliphatic heterocycles. The van der Waals surface area contributed by atoms with Crippen molar-refractivity contribution in [3.05, 3.63) is 40.1 Å². The summed E-state index contributed by atoms with van der Waals surface area (Å²) in [7, 11) is 4.69. The average Bonchev–Trinajstić information content (AvgIpc) is 2.61. The van der Waals surface area contributed by atoms with Gasteiger partial charge in [0.25, 0.3) is 0 Å². The van der Waals surface area contributed by atoms with Crippen molar-refractivity contribution in [2.24, 2.45) is 0 Å². The lowest BCUT2D eigenvalue weighted by atomic mass is 9.93. The minimum Gasteiger partial charge on any atom is -0.493 e. The summed E-state index contributed by atoms with van der Waals surface area (Å²) in [6, 6.07) is 1.84. The third-order valence-electron chi connectivity index (χ3n) is 4.42. The fraction of sp³-hybridized carbons (Fsp3) is 0.421. The smallest absolute Gasteiger partial charge is 0.203 e. The molecule has 0 saturated heterocycles. The van der Waals surface area contributed by atoms with E-state index in [0.717, 1.165) is 27.3 Å². The molecule has 0 spiro atoms. The van der Waals surface area contributed by atoms with E-state index in [0.29, 0.717) is 22.8 Å². The normalized spacial score (nSPS) is 12.0. The number of nitrogens with zero attached hydrogens (tertiary/aromatic N) is 1. The lowest BCUT2D eigenvalue weighted by molar-refractivity contribution is 0.207. The second kappa shape index (κ2) is 7.97. The van der Waals surface area contributed by atoms with Crippen LogP contribution in [0.2, 0.25) is 0 Å². The van der Waals surface area contributed by atoms with Crippen LogP contribution in [0.1, 0.15) is 33.9 Å². The third kappa shape index (κ3) is 3.41. The molecule has 1 atom stereocenters. The van der Waals surface area contributed by atoms with Crippen molar-refractivity contribution in [3.63, 3.8) is 0 Å². The largest absolute Gasteiger partial charge is 0.493 e. The van der Waals surface area contributed by atoms with Crippen LogP contribution in [0.15, 0.2) is 17.3 Å². The number of aromatic nitrogens is 1. The number of aryl methyl sites for hydroxylation is 2. The first-order chi connectivity index (χ1) is 11.9. The molecule has 1 aromatic heterocycles. The monoisotopic (exact) mass is 363 g/mol. The maximum absolute atomic E-state index is 11.3. The minimum absolute atomic E-state index is 0.466. The summed E-state index contributed by atoms with van der Waals surface area (Å²) >= 11 is 1.51. The van der Waals surface area contributed by atoms with Crippen molar-refractivity contribution in [1.82, 2.24) is 4.98 Å². The van der Waals surface area contributed by atoms with Gasteiger partial charge in [-0.1, -0.05) is 0 Å². The minimum atomic E-state index is -0.885. The number of benzene rings is 1. The Bertz CT molecular complexity index is 777. The van der Waals surface area contributed by atoms with Gasteiger partial charge in [0, 0.05) is 17.3 Å². The van der Waals surface area contributed by atoms with Gasteiger partial charge in [-0.2, -0.15) is 0 Å². The number of ether oxygens (including phenoxy) is 3. The number of aliphatic hydroxyl groups excluding tert-OH is 1. The Balaban J connectivity index is 2.77. The van der Waals surface area contributed by atoms with E-state index >= 15 is 0 Å². The Hall–Kier alpha value is -1.92. The second-order valence-corrected chi connectivity index (χ2v) is 6.56. The zero-order chi connectivity index (χ0) is 18.7. The highest BCUT2D eigenvalue weighted by Crippen LogP contribution is 2.46. The SMILES string of the molecule is COc1cc(C)c(C(O)c2c(SC)ncc(C)c2C)c(OC)c1OC. The highest BCUT2D eigenvalue weighted by molar-refractivity contribution is 7.98. The number of hydrogen-bond donors (Lipinski definition) is 1. The van der Waals surface area contributed by atoms with Gasteiger partial charge < -0.3 is 19.3 Å². The molecule has 0 radical (unpaired) electrons. The number of aliphatic hydroxyl groups is 1. The summed E-state index contributed by atoms with van der Waals surface area (Å²) in [6.07, 6.45) is 2.90. The van der Waals surface area contributed by atoms with Crippen molar-refractivity contribution in [1.29, 1.82) is 0 Å². The second-order valence-electron chi connectivity index (χ2n) is 5.77. The topological polar surface area (TPSA) is 60.8 Å². The van der Waals surface area contributed by atoms with Crippen LogP contribution in [0.25, 0.3) is 0 Å². The molecule has 1 N–H and O–H groups in total. The summed E-state index contributed by atoms with van der Waals surface area (Å²) in [5.74, 6) is 1.51. The van der Waals surface area contributed by atoms with Gasteiger partial charge >= 0.3 is 0 Å². The zero-order valence-corrected chi connectivity index (χ0v) is 16.6. The molecule has 0 saturated carbocycles. The van der Waals surface area contributed by atoms with Crippen LogP contribution in [0.4, 0.5) is 0 Å². The van der Waals surface area contributed by atoms with Crippen molar-refractivity contribution in [3.8, 4) is 17.2 Å². The quantitative estimate of drug-likeness (QED) is 0.787. The van der Waals surface area contributed by atoms with Crippen LogP contribution >= 0.6 is 11.8 Å². The summed E-state index contributed by atoms with van der Waals surface area (Å²) in [4.78, 5) is 4.47. The Labute approximate surface area is 153 Å². The maximum Gasteiger partial charge on any atom is 0.203 e. The molecule has 5 nitrogen and oxygen atoms in total. The molecule has 25 heavy (non-hydrogen) atoms. The van der Waals surface area contributed by atoms with Gasteiger partial charge in [-0.05, 0) is 49.8 Å². The van der Waals surface area contributed by atoms with Crippen LogP contribution in [0.5, 0.6) is 17.2 Å². The van der Waals surface area contributed by atoms with Crippen molar-refractivity contribution >= 4 is 11.8 Å². The first-order valence-corrected chi connectivity index (χ1v) is 9.11. The summed E-state index contributed by atoms with van der Waals surface area (Å²) < 4.78 is 16.4. The molecule has 0 bridgehead atoms. The fourth-order valence-corrected chi connectivity index (χ4v) is 3.61. The molecule has 2 aromatic rings. The highest BCUT2D eigenvalue weighted by atomic mass is 32.2. The Morgan fingerprint density at radius 2 is 1.60 bits per heavy atom. The molecule has 2 rings (SSSR count).